The molecule has 0 unspecified atom stereocenters. The van der Waals surface area contributed by atoms with Crippen LogP contribution >= 0.6 is 0 Å². The van der Waals surface area contributed by atoms with Gasteiger partial charge in [0, 0.05) is 5.69 Å². The zero-order valence-electron chi connectivity index (χ0n) is 12.0. The number of nitrogens with one attached hydrogen (secondary N) is 1. The third-order valence-corrected chi connectivity index (χ3v) is 4.27. The minimum absolute atomic E-state index is 0.186. The van der Waals surface area contributed by atoms with E-state index in [1.807, 2.05) is 13.8 Å². The molecule has 2 aromatic carbocycles. The van der Waals surface area contributed by atoms with Gasteiger partial charge in [-0.2, -0.15) is 0 Å². The molecule has 6 heteroatoms. The Bertz CT molecular complexity index is 742. The molecule has 2 aromatic rings. The molecule has 0 aliphatic rings. The Morgan fingerprint density at radius 2 is 1.95 bits per heavy atom. The first kappa shape index (κ1) is 15.2. The first-order chi connectivity index (χ1) is 9.92. The van der Waals surface area contributed by atoms with Crippen LogP contribution in [-0.2, 0) is 10.0 Å². The lowest BCUT2D eigenvalue weighted by Gasteiger charge is -2.11. The van der Waals surface area contributed by atoms with Crippen molar-refractivity contribution in [3.05, 3.63) is 48.0 Å². The number of rotatable bonds is 5. The predicted octanol–water partition coefficient (Wildman–Crippen LogP) is 2.78. The van der Waals surface area contributed by atoms with E-state index in [0.29, 0.717) is 23.7 Å². The minimum Gasteiger partial charge on any atom is -0.494 e. The molecule has 112 valence electrons. The fourth-order valence-corrected chi connectivity index (χ4v) is 3.06. The summed E-state index contributed by atoms with van der Waals surface area (Å²) in [5, 5.41) is 0. The molecule has 0 atom stereocenters. The monoisotopic (exact) mass is 306 g/mol. The second-order valence-corrected chi connectivity index (χ2v) is 6.27. The van der Waals surface area contributed by atoms with Crippen molar-refractivity contribution in [2.75, 3.05) is 17.1 Å². The highest BCUT2D eigenvalue weighted by Crippen LogP contribution is 2.24. The number of sulfonamides is 1. The number of benzene rings is 2. The second kappa shape index (κ2) is 6.05. The SMILES string of the molecule is CCOc1ccc(S(=O)(=O)Nc2cccc(N)c2)cc1C. The van der Waals surface area contributed by atoms with Crippen molar-refractivity contribution in [3.63, 3.8) is 0 Å². The molecular formula is C15H18N2O3S. The van der Waals surface area contributed by atoms with E-state index in [2.05, 4.69) is 4.72 Å². The first-order valence-electron chi connectivity index (χ1n) is 6.54. The second-order valence-electron chi connectivity index (χ2n) is 4.59. The zero-order valence-corrected chi connectivity index (χ0v) is 12.8. The van der Waals surface area contributed by atoms with Crippen LogP contribution < -0.4 is 15.2 Å². The number of anilines is 2. The van der Waals surface area contributed by atoms with Crippen molar-refractivity contribution in [3.8, 4) is 5.75 Å². The normalized spacial score (nSPS) is 11.1. The fourth-order valence-electron chi connectivity index (χ4n) is 1.92. The number of hydrogen-bond acceptors (Lipinski definition) is 4. The lowest BCUT2D eigenvalue weighted by Crippen LogP contribution is -2.13. The molecule has 0 radical (unpaired) electrons. The summed E-state index contributed by atoms with van der Waals surface area (Å²) in [5.74, 6) is 0.681. The van der Waals surface area contributed by atoms with Crippen LogP contribution in [0, 0.1) is 6.92 Å². The van der Waals surface area contributed by atoms with Crippen LogP contribution in [-0.4, -0.2) is 15.0 Å². The maximum absolute atomic E-state index is 12.3. The van der Waals surface area contributed by atoms with Gasteiger partial charge in [-0.15, -0.1) is 0 Å². The maximum atomic E-state index is 12.3. The highest BCUT2D eigenvalue weighted by molar-refractivity contribution is 7.92. The molecule has 0 aliphatic heterocycles. The summed E-state index contributed by atoms with van der Waals surface area (Å²) in [6.45, 7) is 4.23. The van der Waals surface area contributed by atoms with Crippen LogP contribution in [0.1, 0.15) is 12.5 Å². The van der Waals surface area contributed by atoms with E-state index in [0.717, 1.165) is 5.56 Å². The Labute approximate surface area is 124 Å². The van der Waals surface area contributed by atoms with Crippen LogP contribution in [0.5, 0.6) is 5.75 Å². The number of aryl methyl sites for hydroxylation is 1. The molecule has 5 nitrogen and oxygen atoms in total. The van der Waals surface area contributed by atoms with Crippen molar-refractivity contribution in [2.24, 2.45) is 0 Å². The standard InChI is InChI=1S/C15H18N2O3S/c1-3-20-15-8-7-14(9-11(15)2)21(18,19)17-13-6-4-5-12(16)10-13/h4-10,17H,3,16H2,1-2H3. The van der Waals surface area contributed by atoms with Gasteiger partial charge in [-0.1, -0.05) is 6.07 Å². The summed E-state index contributed by atoms with van der Waals surface area (Å²) in [5.41, 5.74) is 7.34. The van der Waals surface area contributed by atoms with Gasteiger partial charge >= 0.3 is 0 Å². The predicted molar refractivity (Wildman–Crippen MR) is 84.0 cm³/mol. The molecule has 0 amide bonds. The Morgan fingerprint density at radius 3 is 2.57 bits per heavy atom. The van der Waals surface area contributed by atoms with Gasteiger partial charge in [-0.3, -0.25) is 4.72 Å². The van der Waals surface area contributed by atoms with Crippen molar-refractivity contribution >= 4 is 21.4 Å². The number of nitrogens with two attached hydrogens (primary N) is 1. The highest BCUT2D eigenvalue weighted by Gasteiger charge is 2.15. The van der Waals surface area contributed by atoms with Crippen molar-refractivity contribution in [1.29, 1.82) is 0 Å². The summed E-state index contributed by atoms with van der Waals surface area (Å²) < 4.78 is 32.6. The molecule has 0 heterocycles. The zero-order chi connectivity index (χ0) is 15.5. The van der Waals surface area contributed by atoms with Crippen LogP contribution in [0.25, 0.3) is 0 Å². The molecule has 3 N–H and O–H groups in total. The average Bonchev–Trinajstić information content (AvgIpc) is 2.40. The molecule has 0 spiro atoms. The van der Waals surface area contributed by atoms with Crippen LogP contribution in [0.4, 0.5) is 11.4 Å². The molecule has 2 rings (SSSR count). The van der Waals surface area contributed by atoms with E-state index in [1.165, 1.54) is 6.07 Å². The first-order valence-corrected chi connectivity index (χ1v) is 8.02. The van der Waals surface area contributed by atoms with Gasteiger partial charge in [0.25, 0.3) is 10.0 Å². The molecule has 21 heavy (non-hydrogen) atoms. The van der Waals surface area contributed by atoms with E-state index >= 15 is 0 Å². The van der Waals surface area contributed by atoms with Crippen molar-refractivity contribution in [2.45, 2.75) is 18.7 Å². The lowest BCUT2D eigenvalue weighted by molar-refractivity contribution is 0.337. The maximum Gasteiger partial charge on any atom is 0.261 e. The summed E-state index contributed by atoms with van der Waals surface area (Å²) in [6, 6.07) is 11.4. The lowest BCUT2D eigenvalue weighted by atomic mass is 10.2. The van der Waals surface area contributed by atoms with Gasteiger partial charge < -0.3 is 10.5 Å². The molecule has 0 aliphatic carbocycles. The van der Waals surface area contributed by atoms with Gasteiger partial charge in [0.15, 0.2) is 0 Å². The molecule has 0 saturated heterocycles. The van der Waals surface area contributed by atoms with E-state index < -0.39 is 10.0 Å². The summed E-state index contributed by atoms with van der Waals surface area (Å²) >= 11 is 0. The Hall–Kier alpha value is -2.21. The smallest absolute Gasteiger partial charge is 0.261 e. The van der Waals surface area contributed by atoms with Crippen molar-refractivity contribution in [1.82, 2.24) is 0 Å². The van der Waals surface area contributed by atoms with Gasteiger partial charge in [0.2, 0.25) is 0 Å². The van der Waals surface area contributed by atoms with Gasteiger partial charge in [0.05, 0.1) is 17.2 Å². The van der Waals surface area contributed by atoms with Crippen molar-refractivity contribution < 1.29 is 13.2 Å². The van der Waals surface area contributed by atoms with E-state index in [-0.39, 0.29) is 4.90 Å². The molecule has 0 fully saturated rings. The topological polar surface area (TPSA) is 81.4 Å². The Balaban J connectivity index is 2.29. The third-order valence-electron chi connectivity index (χ3n) is 2.90. The van der Waals surface area contributed by atoms with Crippen LogP contribution in [0.15, 0.2) is 47.4 Å². The summed E-state index contributed by atoms with van der Waals surface area (Å²) in [7, 11) is -3.65. The fraction of sp³-hybridized carbons (Fsp3) is 0.200. The number of ether oxygens (including phenoxy) is 1. The molecule has 0 bridgehead atoms. The Kier molecular flexibility index (Phi) is 4.37. The molecule has 0 aromatic heterocycles. The minimum atomic E-state index is -3.65. The van der Waals surface area contributed by atoms with E-state index in [4.69, 9.17) is 10.5 Å². The molecule has 0 saturated carbocycles. The van der Waals surface area contributed by atoms with Gasteiger partial charge in [-0.05, 0) is 55.8 Å². The molecular weight excluding hydrogens is 288 g/mol. The number of nitrogen functional groups attached to an aromatic ring is 1. The third kappa shape index (κ3) is 3.66. The summed E-state index contributed by atoms with van der Waals surface area (Å²) in [6.07, 6.45) is 0. The quantitative estimate of drug-likeness (QED) is 0.832. The van der Waals surface area contributed by atoms with Crippen LogP contribution in [0.3, 0.4) is 0 Å². The largest absolute Gasteiger partial charge is 0.494 e. The van der Waals surface area contributed by atoms with Gasteiger partial charge in [0.1, 0.15) is 5.75 Å². The van der Waals surface area contributed by atoms with E-state index in [1.54, 1.807) is 36.4 Å². The van der Waals surface area contributed by atoms with Gasteiger partial charge in [-0.25, -0.2) is 8.42 Å². The van der Waals surface area contributed by atoms with Crippen LogP contribution in [0.2, 0.25) is 0 Å². The Morgan fingerprint density at radius 1 is 1.19 bits per heavy atom. The van der Waals surface area contributed by atoms with E-state index in [9.17, 15) is 8.42 Å². The summed E-state index contributed by atoms with van der Waals surface area (Å²) in [4.78, 5) is 0.186. The highest BCUT2D eigenvalue weighted by atomic mass is 32.2. The number of hydrogen-bond donors (Lipinski definition) is 2. The average molecular weight is 306 g/mol.